The van der Waals surface area contributed by atoms with Gasteiger partial charge in [-0.1, -0.05) is 32.1 Å². The second-order valence-corrected chi connectivity index (χ2v) is 11.5. The molecular weight excluding hydrogens is 476 g/mol. The first kappa shape index (κ1) is 24.6. The van der Waals surface area contributed by atoms with E-state index in [1.165, 1.54) is 41.3 Å². The normalized spacial score (nSPS) is 19.1. The van der Waals surface area contributed by atoms with Gasteiger partial charge in [0.1, 0.15) is 11.8 Å². The Morgan fingerprint density at radius 2 is 1.94 bits per heavy atom. The van der Waals surface area contributed by atoms with E-state index in [-0.39, 0.29) is 36.3 Å². The Balaban J connectivity index is 1.49. The van der Waals surface area contributed by atoms with Crippen molar-refractivity contribution >= 4 is 38.3 Å². The van der Waals surface area contributed by atoms with Crippen LogP contribution in [0, 0.1) is 5.92 Å². The van der Waals surface area contributed by atoms with Crippen molar-refractivity contribution in [1.82, 2.24) is 14.2 Å². The number of hydrogen-bond acceptors (Lipinski definition) is 7. The van der Waals surface area contributed by atoms with Gasteiger partial charge in [-0.05, 0) is 36.6 Å². The fourth-order valence-corrected chi connectivity index (χ4v) is 6.60. The lowest BCUT2D eigenvalue weighted by atomic mass is 9.84. The van der Waals surface area contributed by atoms with Crippen LogP contribution in [0.1, 0.15) is 38.5 Å². The molecule has 2 amide bonds. The molecule has 2 aliphatic rings. The molecule has 34 heavy (non-hydrogen) atoms. The summed E-state index contributed by atoms with van der Waals surface area (Å²) in [6, 6.07) is 5.45. The third-order valence-electron chi connectivity index (χ3n) is 6.54. The highest BCUT2D eigenvalue weighted by atomic mass is 32.2. The zero-order chi connectivity index (χ0) is 24.1. The van der Waals surface area contributed by atoms with Gasteiger partial charge >= 0.3 is 0 Å². The predicted octanol–water partition coefficient (Wildman–Crippen LogP) is 2.96. The number of benzene rings is 1. The molecule has 1 saturated carbocycles. The SMILES string of the molecule is COc1ccc(S(=O)(=O)N2CCN(C(CC3CCCCC3)C(=O)Nc3nccs3)C(=O)C2)cc1. The van der Waals surface area contributed by atoms with E-state index >= 15 is 0 Å². The van der Waals surface area contributed by atoms with Crippen molar-refractivity contribution in [3.63, 3.8) is 0 Å². The molecule has 2 aromatic rings. The number of carbonyl (C=O) groups excluding carboxylic acids is 2. The number of piperazine rings is 1. The highest BCUT2D eigenvalue weighted by Gasteiger charge is 2.39. The number of anilines is 1. The number of sulfonamides is 1. The van der Waals surface area contributed by atoms with E-state index in [1.807, 2.05) is 0 Å². The van der Waals surface area contributed by atoms with Crippen LogP contribution in [-0.4, -0.2) is 67.2 Å². The van der Waals surface area contributed by atoms with Crippen LogP contribution < -0.4 is 10.1 Å². The molecule has 9 nitrogen and oxygen atoms in total. The maximum atomic E-state index is 13.2. The highest BCUT2D eigenvalue weighted by molar-refractivity contribution is 7.89. The van der Waals surface area contributed by atoms with Crippen molar-refractivity contribution in [3.8, 4) is 5.75 Å². The standard InChI is InChI=1S/C23H30N4O5S2/c1-32-18-7-9-19(10-8-18)34(30,31)26-12-13-27(21(28)16-26)20(15-17-5-3-2-4-6-17)22(29)25-23-24-11-14-33-23/h7-11,14,17,20H,2-6,12-13,15-16H2,1H3,(H,24,25,29). The molecule has 0 radical (unpaired) electrons. The lowest BCUT2D eigenvalue weighted by Gasteiger charge is -2.39. The van der Waals surface area contributed by atoms with E-state index < -0.39 is 16.1 Å². The number of nitrogens with zero attached hydrogens (tertiary/aromatic N) is 3. The molecule has 11 heteroatoms. The van der Waals surface area contributed by atoms with Crippen LogP contribution in [0.15, 0.2) is 40.7 Å². The maximum absolute atomic E-state index is 13.2. The molecule has 2 fully saturated rings. The minimum atomic E-state index is -3.84. The van der Waals surface area contributed by atoms with Gasteiger partial charge in [0, 0.05) is 24.7 Å². The van der Waals surface area contributed by atoms with E-state index in [9.17, 15) is 18.0 Å². The molecule has 1 saturated heterocycles. The average molecular weight is 507 g/mol. The third-order valence-corrected chi connectivity index (χ3v) is 9.09. The summed E-state index contributed by atoms with van der Waals surface area (Å²) in [5.41, 5.74) is 0. The summed E-state index contributed by atoms with van der Waals surface area (Å²) in [7, 11) is -2.33. The van der Waals surface area contributed by atoms with Crippen molar-refractivity contribution in [2.75, 3.05) is 32.1 Å². The zero-order valence-electron chi connectivity index (χ0n) is 19.2. The van der Waals surface area contributed by atoms with Crippen LogP contribution in [0.3, 0.4) is 0 Å². The van der Waals surface area contributed by atoms with E-state index in [1.54, 1.807) is 28.6 Å². The van der Waals surface area contributed by atoms with Crippen LogP contribution in [0.25, 0.3) is 0 Å². The largest absolute Gasteiger partial charge is 0.497 e. The smallest absolute Gasteiger partial charge is 0.248 e. The summed E-state index contributed by atoms with van der Waals surface area (Å²) < 4.78 is 32.5. The van der Waals surface area contributed by atoms with Gasteiger partial charge in [0.25, 0.3) is 0 Å². The van der Waals surface area contributed by atoms with Crippen LogP contribution in [0.5, 0.6) is 5.75 Å². The molecule has 1 aliphatic heterocycles. The molecule has 1 N–H and O–H groups in total. The molecule has 0 bridgehead atoms. The molecule has 4 rings (SSSR count). The van der Waals surface area contributed by atoms with Crippen molar-refractivity contribution in [2.45, 2.75) is 49.5 Å². The molecule has 1 atom stereocenters. The number of rotatable bonds is 8. The lowest BCUT2D eigenvalue weighted by Crippen LogP contribution is -2.58. The first-order valence-corrected chi connectivity index (χ1v) is 13.8. The average Bonchev–Trinajstić information content (AvgIpc) is 3.36. The van der Waals surface area contributed by atoms with Gasteiger partial charge in [0.2, 0.25) is 21.8 Å². The Bertz CT molecular complexity index is 1080. The van der Waals surface area contributed by atoms with Crippen molar-refractivity contribution in [1.29, 1.82) is 0 Å². The van der Waals surface area contributed by atoms with Gasteiger partial charge in [-0.2, -0.15) is 4.31 Å². The maximum Gasteiger partial charge on any atom is 0.248 e. The number of thiazole rings is 1. The van der Waals surface area contributed by atoms with Crippen LogP contribution >= 0.6 is 11.3 Å². The number of amides is 2. The van der Waals surface area contributed by atoms with Crippen LogP contribution in [0.2, 0.25) is 0 Å². The molecule has 1 aromatic heterocycles. The summed E-state index contributed by atoms with van der Waals surface area (Å²) in [6.07, 6.45) is 7.74. The first-order chi connectivity index (χ1) is 16.4. The van der Waals surface area contributed by atoms with Gasteiger partial charge in [-0.25, -0.2) is 13.4 Å². The molecule has 1 unspecified atom stereocenters. The highest BCUT2D eigenvalue weighted by Crippen LogP contribution is 2.30. The summed E-state index contributed by atoms with van der Waals surface area (Å²) in [6.45, 7) is 0.00273. The Hall–Kier alpha value is -2.50. The summed E-state index contributed by atoms with van der Waals surface area (Å²) in [5, 5.41) is 5.11. The topological polar surface area (TPSA) is 109 Å². The van der Waals surface area contributed by atoms with E-state index in [2.05, 4.69) is 10.3 Å². The minimum Gasteiger partial charge on any atom is -0.497 e. The summed E-state index contributed by atoms with van der Waals surface area (Å²) in [5.74, 6) is 0.296. The van der Waals surface area contributed by atoms with Gasteiger partial charge < -0.3 is 15.0 Å². The Kier molecular flexibility index (Phi) is 7.84. The summed E-state index contributed by atoms with van der Waals surface area (Å²) >= 11 is 1.32. The van der Waals surface area contributed by atoms with Crippen LogP contribution in [0.4, 0.5) is 5.13 Å². The van der Waals surface area contributed by atoms with E-state index in [4.69, 9.17) is 4.74 Å². The monoisotopic (exact) mass is 506 g/mol. The second kappa shape index (κ2) is 10.8. The molecule has 0 spiro atoms. The number of carbonyl (C=O) groups is 2. The number of hydrogen-bond donors (Lipinski definition) is 1. The van der Waals surface area contributed by atoms with Gasteiger partial charge in [0.05, 0.1) is 18.6 Å². The molecule has 184 valence electrons. The Morgan fingerprint density at radius 3 is 2.56 bits per heavy atom. The second-order valence-electron chi connectivity index (χ2n) is 8.68. The number of nitrogens with one attached hydrogen (secondary N) is 1. The molecule has 1 aromatic carbocycles. The predicted molar refractivity (Wildman–Crippen MR) is 129 cm³/mol. The fraction of sp³-hybridized carbons (Fsp3) is 0.522. The van der Waals surface area contributed by atoms with Crippen molar-refractivity contribution in [3.05, 3.63) is 35.8 Å². The van der Waals surface area contributed by atoms with Crippen LogP contribution in [-0.2, 0) is 19.6 Å². The fourth-order valence-electron chi connectivity index (χ4n) is 4.68. The van der Waals surface area contributed by atoms with Crippen molar-refractivity contribution in [2.24, 2.45) is 5.92 Å². The Labute approximate surface area is 204 Å². The number of ether oxygens (including phenoxy) is 1. The van der Waals surface area contributed by atoms with E-state index in [0.717, 1.165) is 25.7 Å². The molecular formula is C23H30N4O5S2. The molecule has 2 heterocycles. The summed E-state index contributed by atoms with van der Waals surface area (Å²) in [4.78, 5) is 32.2. The van der Waals surface area contributed by atoms with Gasteiger partial charge in [-0.15, -0.1) is 11.3 Å². The van der Waals surface area contributed by atoms with Gasteiger partial charge in [0.15, 0.2) is 5.13 Å². The number of methoxy groups -OCH3 is 1. The van der Waals surface area contributed by atoms with Gasteiger partial charge in [-0.3, -0.25) is 9.59 Å². The first-order valence-electron chi connectivity index (χ1n) is 11.5. The third kappa shape index (κ3) is 5.59. The molecule has 1 aliphatic carbocycles. The zero-order valence-corrected chi connectivity index (χ0v) is 20.8. The lowest BCUT2D eigenvalue weighted by molar-refractivity contribution is -0.142. The Morgan fingerprint density at radius 1 is 1.21 bits per heavy atom. The minimum absolute atomic E-state index is 0.106. The van der Waals surface area contributed by atoms with Crippen molar-refractivity contribution < 1.29 is 22.7 Å². The number of aromatic nitrogens is 1. The quantitative estimate of drug-likeness (QED) is 0.590. The van der Waals surface area contributed by atoms with E-state index in [0.29, 0.717) is 23.2 Å².